The number of carbonyl (C=O) groups is 1. The molecule has 0 atom stereocenters. The SMILES string of the molecule is COc1ccc(-c2noc(CCCCC(=O)O)n2)cc1C. The molecule has 1 heterocycles. The number of hydrogen-bond donors (Lipinski definition) is 1. The maximum Gasteiger partial charge on any atom is 0.303 e. The fraction of sp³-hybridized carbons (Fsp3) is 0.400. The molecule has 0 aliphatic rings. The minimum atomic E-state index is -0.782. The predicted octanol–water partition coefficient (Wildman–Crippen LogP) is 2.85. The Morgan fingerprint density at radius 1 is 1.38 bits per heavy atom. The van der Waals surface area contributed by atoms with Crippen LogP contribution in [0.15, 0.2) is 22.7 Å². The largest absolute Gasteiger partial charge is 0.496 e. The molecular formula is C15H18N2O4. The number of nitrogens with zero attached hydrogens (tertiary/aromatic N) is 2. The summed E-state index contributed by atoms with van der Waals surface area (Å²) in [6.07, 6.45) is 2.08. The number of aryl methyl sites for hydroxylation is 2. The molecule has 2 aromatic rings. The molecule has 0 radical (unpaired) electrons. The molecule has 1 N–H and O–H groups in total. The minimum absolute atomic E-state index is 0.165. The van der Waals surface area contributed by atoms with E-state index in [2.05, 4.69) is 10.1 Å². The highest BCUT2D eigenvalue weighted by Gasteiger charge is 2.10. The summed E-state index contributed by atoms with van der Waals surface area (Å²) < 4.78 is 10.4. The first-order valence-corrected chi connectivity index (χ1v) is 6.79. The molecule has 0 saturated heterocycles. The van der Waals surface area contributed by atoms with E-state index in [9.17, 15) is 4.79 Å². The smallest absolute Gasteiger partial charge is 0.303 e. The van der Waals surface area contributed by atoms with Crippen molar-refractivity contribution in [2.45, 2.75) is 32.6 Å². The number of hydrogen-bond acceptors (Lipinski definition) is 5. The Morgan fingerprint density at radius 2 is 2.19 bits per heavy atom. The number of aliphatic carboxylic acids is 1. The van der Waals surface area contributed by atoms with Crippen LogP contribution in [0.4, 0.5) is 0 Å². The highest BCUT2D eigenvalue weighted by atomic mass is 16.5. The van der Waals surface area contributed by atoms with Crippen LogP contribution in [0.1, 0.15) is 30.7 Å². The first-order valence-electron chi connectivity index (χ1n) is 6.79. The van der Waals surface area contributed by atoms with E-state index in [1.807, 2.05) is 25.1 Å². The van der Waals surface area contributed by atoms with Gasteiger partial charge in [-0.2, -0.15) is 4.98 Å². The normalized spacial score (nSPS) is 10.6. The van der Waals surface area contributed by atoms with Gasteiger partial charge in [0.15, 0.2) is 0 Å². The summed E-state index contributed by atoms with van der Waals surface area (Å²) in [6, 6.07) is 5.69. The van der Waals surface area contributed by atoms with E-state index in [-0.39, 0.29) is 6.42 Å². The number of aromatic nitrogens is 2. The number of methoxy groups -OCH3 is 1. The Labute approximate surface area is 122 Å². The lowest BCUT2D eigenvalue weighted by Gasteiger charge is -2.04. The fourth-order valence-electron chi connectivity index (χ4n) is 2.04. The van der Waals surface area contributed by atoms with Gasteiger partial charge in [0.05, 0.1) is 7.11 Å². The van der Waals surface area contributed by atoms with E-state index >= 15 is 0 Å². The molecule has 1 aromatic carbocycles. The predicted molar refractivity (Wildman–Crippen MR) is 76.2 cm³/mol. The number of rotatable bonds is 7. The van der Waals surface area contributed by atoms with Crippen molar-refractivity contribution in [3.8, 4) is 17.1 Å². The molecule has 6 heteroatoms. The lowest BCUT2D eigenvalue weighted by atomic mass is 10.1. The molecule has 0 saturated carbocycles. The third kappa shape index (κ3) is 4.05. The van der Waals surface area contributed by atoms with E-state index in [0.717, 1.165) is 23.3 Å². The zero-order chi connectivity index (χ0) is 15.2. The summed E-state index contributed by atoms with van der Waals surface area (Å²) in [5.41, 5.74) is 1.87. The maximum absolute atomic E-state index is 10.4. The molecular weight excluding hydrogens is 272 g/mol. The standard InChI is InChI=1S/C15H18N2O4/c1-10-9-11(7-8-12(10)20-2)15-16-13(21-17-15)5-3-4-6-14(18)19/h7-9H,3-6H2,1-2H3,(H,18,19). The van der Waals surface area contributed by atoms with Crippen molar-refractivity contribution in [1.29, 1.82) is 0 Å². The van der Waals surface area contributed by atoms with Gasteiger partial charge in [0, 0.05) is 18.4 Å². The summed E-state index contributed by atoms with van der Waals surface area (Å²) in [7, 11) is 1.63. The molecule has 21 heavy (non-hydrogen) atoms. The Kier molecular flexibility index (Phi) is 4.92. The van der Waals surface area contributed by atoms with E-state index < -0.39 is 5.97 Å². The lowest BCUT2D eigenvalue weighted by molar-refractivity contribution is -0.137. The number of carboxylic acid groups (broad SMARTS) is 1. The van der Waals surface area contributed by atoms with E-state index in [1.54, 1.807) is 7.11 Å². The van der Waals surface area contributed by atoms with Crippen LogP contribution in [-0.2, 0) is 11.2 Å². The lowest BCUT2D eigenvalue weighted by Crippen LogP contribution is -1.95. The highest BCUT2D eigenvalue weighted by Crippen LogP contribution is 2.24. The van der Waals surface area contributed by atoms with Crippen LogP contribution in [0.25, 0.3) is 11.4 Å². The van der Waals surface area contributed by atoms with Crippen LogP contribution in [0.2, 0.25) is 0 Å². The van der Waals surface area contributed by atoms with Crippen molar-refractivity contribution in [3.63, 3.8) is 0 Å². The summed E-state index contributed by atoms with van der Waals surface area (Å²) >= 11 is 0. The van der Waals surface area contributed by atoms with Crippen molar-refractivity contribution in [2.24, 2.45) is 0 Å². The van der Waals surface area contributed by atoms with Gasteiger partial charge in [-0.15, -0.1) is 0 Å². The minimum Gasteiger partial charge on any atom is -0.496 e. The molecule has 0 bridgehead atoms. The van der Waals surface area contributed by atoms with E-state index in [0.29, 0.717) is 24.6 Å². The number of ether oxygens (including phenoxy) is 1. The van der Waals surface area contributed by atoms with Crippen LogP contribution in [0, 0.1) is 6.92 Å². The van der Waals surface area contributed by atoms with E-state index in [1.165, 1.54) is 0 Å². The molecule has 1 aromatic heterocycles. The summed E-state index contributed by atoms with van der Waals surface area (Å²) in [6.45, 7) is 1.95. The van der Waals surface area contributed by atoms with Crippen molar-refractivity contribution in [2.75, 3.05) is 7.11 Å². The third-order valence-electron chi connectivity index (χ3n) is 3.15. The second-order valence-corrected chi connectivity index (χ2v) is 4.80. The first-order chi connectivity index (χ1) is 10.1. The Bertz CT molecular complexity index is 622. The van der Waals surface area contributed by atoms with Gasteiger partial charge in [-0.05, 0) is 43.5 Å². The molecule has 0 amide bonds. The summed E-state index contributed by atoms with van der Waals surface area (Å²) in [5, 5.41) is 12.5. The molecule has 0 spiro atoms. The van der Waals surface area contributed by atoms with Gasteiger partial charge in [0.2, 0.25) is 11.7 Å². The average Bonchev–Trinajstić information content (AvgIpc) is 2.92. The topological polar surface area (TPSA) is 85.5 Å². The Morgan fingerprint density at radius 3 is 2.86 bits per heavy atom. The first kappa shape index (κ1) is 15.0. The van der Waals surface area contributed by atoms with Gasteiger partial charge in [0.1, 0.15) is 5.75 Å². The highest BCUT2D eigenvalue weighted by molar-refractivity contribution is 5.66. The molecule has 0 fully saturated rings. The van der Waals surface area contributed by atoms with Gasteiger partial charge >= 0.3 is 5.97 Å². The average molecular weight is 290 g/mol. The zero-order valence-corrected chi connectivity index (χ0v) is 12.1. The Balaban J connectivity index is 1.99. The van der Waals surface area contributed by atoms with Crippen LogP contribution >= 0.6 is 0 Å². The fourth-order valence-corrected chi connectivity index (χ4v) is 2.04. The molecule has 6 nitrogen and oxygen atoms in total. The van der Waals surface area contributed by atoms with Crippen molar-refractivity contribution >= 4 is 5.97 Å². The second-order valence-electron chi connectivity index (χ2n) is 4.80. The second kappa shape index (κ2) is 6.88. The molecule has 112 valence electrons. The van der Waals surface area contributed by atoms with Gasteiger partial charge in [-0.25, -0.2) is 0 Å². The van der Waals surface area contributed by atoms with Crippen molar-refractivity contribution < 1.29 is 19.2 Å². The molecule has 0 unspecified atom stereocenters. The Hall–Kier alpha value is -2.37. The molecule has 0 aliphatic heterocycles. The zero-order valence-electron chi connectivity index (χ0n) is 12.1. The monoisotopic (exact) mass is 290 g/mol. The van der Waals surface area contributed by atoms with Crippen LogP contribution in [-0.4, -0.2) is 28.3 Å². The maximum atomic E-state index is 10.4. The van der Waals surface area contributed by atoms with Gasteiger partial charge in [-0.1, -0.05) is 5.16 Å². The van der Waals surface area contributed by atoms with Crippen molar-refractivity contribution in [1.82, 2.24) is 10.1 Å². The van der Waals surface area contributed by atoms with Crippen LogP contribution in [0.3, 0.4) is 0 Å². The van der Waals surface area contributed by atoms with Gasteiger partial charge in [0.25, 0.3) is 0 Å². The van der Waals surface area contributed by atoms with Crippen LogP contribution in [0.5, 0.6) is 5.75 Å². The number of benzene rings is 1. The van der Waals surface area contributed by atoms with Gasteiger partial charge in [-0.3, -0.25) is 4.79 Å². The van der Waals surface area contributed by atoms with Gasteiger partial charge < -0.3 is 14.4 Å². The molecule has 0 aliphatic carbocycles. The van der Waals surface area contributed by atoms with Crippen LogP contribution < -0.4 is 4.74 Å². The number of carboxylic acids is 1. The number of unbranched alkanes of at least 4 members (excludes halogenated alkanes) is 1. The van der Waals surface area contributed by atoms with E-state index in [4.69, 9.17) is 14.4 Å². The third-order valence-corrected chi connectivity index (χ3v) is 3.15. The summed E-state index contributed by atoms with van der Waals surface area (Å²) in [5.74, 6) is 1.10. The summed E-state index contributed by atoms with van der Waals surface area (Å²) in [4.78, 5) is 14.8. The molecule has 2 rings (SSSR count). The quantitative estimate of drug-likeness (QED) is 0.789. The van der Waals surface area contributed by atoms with Crippen molar-refractivity contribution in [3.05, 3.63) is 29.7 Å².